The smallest absolute Gasteiger partial charge is 0.262 e. The van der Waals surface area contributed by atoms with Gasteiger partial charge in [0.05, 0.1) is 11.1 Å². The number of hydrogen-bond donors (Lipinski definition) is 1. The second-order valence-corrected chi connectivity index (χ2v) is 7.45. The third-order valence-electron chi connectivity index (χ3n) is 3.54. The van der Waals surface area contributed by atoms with Crippen LogP contribution in [0.3, 0.4) is 0 Å². The fourth-order valence-electron chi connectivity index (χ4n) is 2.34. The first-order chi connectivity index (χ1) is 11.4. The molecule has 7 heteroatoms. The first-order valence-corrected chi connectivity index (χ1v) is 9.02. The Morgan fingerprint density at radius 3 is 2.62 bits per heavy atom. The van der Waals surface area contributed by atoms with Crippen LogP contribution in [-0.4, -0.2) is 13.4 Å². The largest absolute Gasteiger partial charge is 0.445 e. The summed E-state index contributed by atoms with van der Waals surface area (Å²) >= 11 is 6.04. The number of anilines is 1. The second-order valence-electron chi connectivity index (χ2n) is 5.39. The van der Waals surface area contributed by atoms with E-state index in [0.717, 1.165) is 0 Å². The van der Waals surface area contributed by atoms with E-state index in [1.165, 1.54) is 12.5 Å². The molecule has 0 saturated heterocycles. The predicted octanol–water partition coefficient (Wildman–Crippen LogP) is 4.41. The Hall–Kier alpha value is -2.31. The van der Waals surface area contributed by atoms with E-state index in [1.807, 2.05) is 0 Å². The van der Waals surface area contributed by atoms with Gasteiger partial charge in [-0.2, -0.15) is 0 Å². The summed E-state index contributed by atoms with van der Waals surface area (Å²) in [4.78, 5) is 4.26. The van der Waals surface area contributed by atoms with Gasteiger partial charge in [0, 0.05) is 16.3 Å². The van der Waals surface area contributed by atoms with E-state index in [2.05, 4.69) is 9.71 Å². The van der Waals surface area contributed by atoms with Gasteiger partial charge >= 0.3 is 0 Å². The average Bonchev–Trinajstić information content (AvgIpc) is 3.05. The van der Waals surface area contributed by atoms with E-state index >= 15 is 0 Å². The molecule has 0 aliphatic heterocycles. The minimum absolute atomic E-state index is 0.200. The van der Waals surface area contributed by atoms with Crippen LogP contribution in [0.25, 0.3) is 11.5 Å². The number of sulfonamides is 1. The highest BCUT2D eigenvalue weighted by atomic mass is 35.5. The molecule has 0 saturated carbocycles. The zero-order valence-corrected chi connectivity index (χ0v) is 14.6. The summed E-state index contributed by atoms with van der Waals surface area (Å²) in [5.41, 5.74) is 2.40. The third-order valence-corrected chi connectivity index (χ3v) is 5.47. The molecule has 3 rings (SSSR count). The Labute approximate surface area is 145 Å². The molecule has 0 spiro atoms. The van der Waals surface area contributed by atoms with Crippen LogP contribution in [0.15, 0.2) is 58.2 Å². The number of aryl methyl sites for hydroxylation is 2. The van der Waals surface area contributed by atoms with Crippen molar-refractivity contribution in [2.75, 3.05) is 4.72 Å². The Balaban J connectivity index is 1.96. The molecule has 5 nitrogen and oxygen atoms in total. The molecule has 0 fully saturated rings. The van der Waals surface area contributed by atoms with Crippen molar-refractivity contribution >= 4 is 27.3 Å². The lowest BCUT2D eigenvalue weighted by Crippen LogP contribution is -2.14. The van der Waals surface area contributed by atoms with Crippen molar-refractivity contribution in [3.63, 3.8) is 0 Å². The van der Waals surface area contributed by atoms with Crippen molar-refractivity contribution in [3.8, 4) is 11.5 Å². The molecule has 24 heavy (non-hydrogen) atoms. The molecular weight excluding hydrogens is 348 g/mol. The number of aromatic nitrogens is 1. The maximum absolute atomic E-state index is 12.7. The maximum atomic E-state index is 12.7. The van der Waals surface area contributed by atoms with Crippen molar-refractivity contribution in [2.24, 2.45) is 0 Å². The number of benzene rings is 2. The zero-order chi connectivity index (χ0) is 17.3. The van der Waals surface area contributed by atoms with Gasteiger partial charge in [-0.3, -0.25) is 4.72 Å². The summed E-state index contributed by atoms with van der Waals surface area (Å²) in [7, 11) is -3.73. The van der Waals surface area contributed by atoms with Crippen LogP contribution in [0, 0.1) is 13.8 Å². The van der Waals surface area contributed by atoms with E-state index < -0.39 is 10.0 Å². The van der Waals surface area contributed by atoms with Gasteiger partial charge < -0.3 is 4.42 Å². The monoisotopic (exact) mass is 362 g/mol. The Kier molecular flexibility index (Phi) is 4.34. The molecule has 0 aliphatic carbocycles. The molecule has 1 N–H and O–H groups in total. The molecule has 1 heterocycles. The Morgan fingerprint density at radius 1 is 1.12 bits per heavy atom. The van der Waals surface area contributed by atoms with E-state index in [9.17, 15) is 8.42 Å². The molecule has 0 amide bonds. The summed E-state index contributed by atoms with van der Waals surface area (Å²) in [6, 6.07) is 10.1. The maximum Gasteiger partial charge on any atom is 0.262 e. The Bertz CT molecular complexity index is 983. The van der Waals surface area contributed by atoms with Gasteiger partial charge in [0.2, 0.25) is 5.89 Å². The van der Waals surface area contributed by atoms with Crippen LogP contribution in [0.1, 0.15) is 11.1 Å². The summed E-state index contributed by atoms with van der Waals surface area (Å²) in [5, 5.41) is 0.539. The molecule has 0 atom stereocenters. The van der Waals surface area contributed by atoms with Gasteiger partial charge in [0.25, 0.3) is 10.0 Å². The van der Waals surface area contributed by atoms with Crippen LogP contribution in [0.4, 0.5) is 5.69 Å². The number of nitrogens with zero attached hydrogens (tertiary/aromatic N) is 1. The highest BCUT2D eigenvalue weighted by Crippen LogP contribution is 2.27. The predicted molar refractivity (Wildman–Crippen MR) is 93.7 cm³/mol. The van der Waals surface area contributed by atoms with Crippen molar-refractivity contribution in [3.05, 3.63) is 65.0 Å². The molecular formula is C17H15ClN2O3S. The first-order valence-electron chi connectivity index (χ1n) is 7.16. The molecule has 1 aromatic heterocycles. The van der Waals surface area contributed by atoms with Crippen molar-refractivity contribution in [1.82, 2.24) is 4.98 Å². The number of rotatable bonds is 4. The summed E-state index contributed by atoms with van der Waals surface area (Å²) in [6.45, 7) is 3.48. The van der Waals surface area contributed by atoms with Gasteiger partial charge in [-0.1, -0.05) is 17.7 Å². The summed E-state index contributed by atoms with van der Waals surface area (Å²) in [6.07, 6.45) is 3.00. The summed E-state index contributed by atoms with van der Waals surface area (Å²) in [5.74, 6) is 0.426. The average molecular weight is 363 g/mol. The fraction of sp³-hybridized carbons (Fsp3) is 0.118. The van der Waals surface area contributed by atoms with Gasteiger partial charge in [-0.15, -0.1) is 0 Å². The lowest BCUT2D eigenvalue weighted by atomic mass is 10.2. The highest BCUT2D eigenvalue weighted by molar-refractivity contribution is 7.92. The number of halogens is 1. The molecule has 0 bridgehead atoms. The minimum Gasteiger partial charge on any atom is -0.445 e. The van der Waals surface area contributed by atoms with Crippen LogP contribution < -0.4 is 4.72 Å². The summed E-state index contributed by atoms with van der Waals surface area (Å²) < 4.78 is 33.2. The van der Waals surface area contributed by atoms with Gasteiger partial charge in [-0.05, 0) is 55.3 Å². The van der Waals surface area contributed by atoms with Crippen LogP contribution in [0.5, 0.6) is 0 Å². The van der Waals surface area contributed by atoms with Gasteiger partial charge in [0.15, 0.2) is 0 Å². The van der Waals surface area contributed by atoms with E-state index in [1.54, 1.807) is 50.2 Å². The number of oxazole rings is 1. The van der Waals surface area contributed by atoms with Crippen LogP contribution in [0.2, 0.25) is 5.02 Å². The SMILES string of the molecule is Cc1cc(S(=O)(=O)Nc2cccc(-c3ncco3)c2)c(C)cc1Cl. The lowest BCUT2D eigenvalue weighted by molar-refractivity contribution is 0.574. The quantitative estimate of drug-likeness (QED) is 0.746. The molecule has 0 radical (unpaired) electrons. The van der Waals surface area contributed by atoms with Gasteiger partial charge in [0.1, 0.15) is 6.26 Å². The standard InChI is InChI=1S/C17H15ClN2O3S/c1-11-9-16(12(2)8-15(11)18)24(21,22)20-14-5-3-4-13(10-14)17-19-6-7-23-17/h3-10,20H,1-2H3. The fourth-order valence-corrected chi connectivity index (χ4v) is 3.92. The Morgan fingerprint density at radius 2 is 1.92 bits per heavy atom. The van der Waals surface area contributed by atoms with Crippen LogP contribution in [-0.2, 0) is 10.0 Å². The van der Waals surface area contributed by atoms with Crippen LogP contribution >= 0.6 is 11.6 Å². The van der Waals surface area contributed by atoms with Crippen molar-refractivity contribution < 1.29 is 12.8 Å². The number of hydrogen-bond acceptors (Lipinski definition) is 4. The van der Waals surface area contributed by atoms with E-state index in [0.29, 0.717) is 33.3 Å². The van der Waals surface area contributed by atoms with Crippen molar-refractivity contribution in [1.29, 1.82) is 0 Å². The minimum atomic E-state index is -3.73. The molecule has 2 aromatic carbocycles. The topological polar surface area (TPSA) is 72.2 Å². The molecule has 0 aliphatic rings. The van der Waals surface area contributed by atoms with Crippen molar-refractivity contribution in [2.45, 2.75) is 18.7 Å². The highest BCUT2D eigenvalue weighted by Gasteiger charge is 2.19. The van der Waals surface area contributed by atoms with E-state index in [4.69, 9.17) is 16.0 Å². The molecule has 0 unspecified atom stereocenters. The second kappa shape index (κ2) is 6.30. The normalized spacial score (nSPS) is 11.5. The molecule has 3 aromatic rings. The van der Waals surface area contributed by atoms with Gasteiger partial charge in [-0.25, -0.2) is 13.4 Å². The number of nitrogens with one attached hydrogen (secondary N) is 1. The lowest BCUT2D eigenvalue weighted by Gasteiger charge is -2.12. The molecule has 124 valence electrons. The zero-order valence-electron chi connectivity index (χ0n) is 13.1. The first kappa shape index (κ1) is 16.5. The third kappa shape index (κ3) is 3.29. The van der Waals surface area contributed by atoms with E-state index in [-0.39, 0.29) is 4.90 Å².